The summed E-state index contributed by atoms with van der Waals surface area (Å²) in [5.74, 6) is -3.01. The number of unbranched alkanes of at least 4 members (excludes halogenated alkanes) is 1. The van der Waals surface area contributed by atoms with Crippen molar-refractivity contribution in [3.63, 3.8) is 0 Å². The molecule has 2 aromatic rings. The molecule has 1 aromatic carbocycles. The zero-order chi connectivity index (χ0) is 33.5. The van der Waals surface area contributed by atoms with Crippen LogP contribution in [0.15, 0.2) is 41.5 Å². The second-order valence-electron chi connectivity index (χ2n) is 9.74. The number of H-pyrrole nitrogens is 1. The molecule has 0 aliphatic rings. The van der Waals surface area contributed by atoms with Crippen LogP contribution in [0.25, 0.3) is 0 Å². The van der Waals surface area contributed by atoms with Crippen LogP contribution in [0.4, 0.5) is 0 Å². The van der Waals surface area contributed by atoms with Crippen molar-refractivity contribution in [3.05, 3.63) is 52.6 Å². The Morgan fingerprint density at radius 1 is 1.00 bits per heavy atom. The number of benzene rings is 1. The molecule has 44 heavy (non-hydrogen) atoms. The lowest BCUT2D eigenvalue weighted by Crippen LogP contribution is -2.51. The molecule has 2 unspecified atom stereocenters. The lowest BCUT2D eigenvalue weighted by Gasteiger charge is -2.18. The average molecular weight is 637 g/mol. The molecule has 0 spiro atoms. The van der Waals surface area contributed by atoms with Gasteiger partial charge >= 0.3 is 5.97 Å². The first-order valence-corrected chi connectivity index (χ1v) is 14.5. The van der Waals surface area contributed by atoms with Crippen molar-refractivity contribution in [2.24, 2.45) is 35.0 Å². The maximum absolute atomic E-state index is 12.1. The fraction of sp³-hybridized carbons (Fsp3) is 0.500. The van der Waals surface area contributed by atoms with Crippen molar-refractivity contribution >= 4 is 41.9 Å². The van der Waals surface area contributed by atoms with Crippen LogP contribution in [-0.4, -0.2) is 82.6 Å². The predicted octanol–water partition coefficient (Wildman–Crippen LogP) is -0.316. The number of guanidine groups is 1. The fourth-order valence-electron chi connectivity index (χ4n) is 3.30. The molecule has 16 heteroatoms. The van der Waals surface area contributed by atoms with Crippen LogP contribution in [-0.2, 0) is 26.2 Å². The highest BCUT2D eigenvalue weighted by molar-refractivity contribution is 7.71. The minimum absolute atomic E-state index is 0.0481. The first kappa shape index (κ1) is 39.7. The number of aryl methyl sites for hydroxylation is 2. The largest absolute Gasteiger partial charge is 0.480 e. The molecule has 2 rings (SSSR count). The van der Waals surface area contributed by atoms with E-state index in [-0.39, 0.29) is 18.9 Å². The van der Waals surface area contributed by atoms with Gasteiger partial charge in [-0.15, -0.1) is 0 Å². The topological polar surface area (TPSA) is 262 Å². The number of nitrogens with one attached hydrogen (secondary N) is 4. The van der Waals surface area contributed by atoms with Gasteiger partial charge in [0.15, 0.2) is 10.7 Å². The fourth-order valence-corrected chi connectivity index (χ4v) is 3.50. The maximum atomic E-state index is 12.1. The Hall–Kier alpha value is -4.28. The summed E-state index contributed by atoms with van der Waals surface area (Å²) in [4.78, 5) is 53.3. The van der Waals surface area contributed by atoms with Gasteiger partial charge in [-0.05, 0) is 64.7 Å². The molecule has 0 bridgehead atoms. The minimum Gasteiger partial charge on any atom is -0.480 e. The quantitative estimate of drug-likeness (QED) is 0.0532. The minimum atomic E-state index is -1.20. The third kappa shape index (κ3) is 19.8. The van der Waals surface area contributed by atoms with Crippen LogP contribution in [0.3, 0.4) is 0 Å². The third-order valence-corrected chi connectivity index (χ3v) is 6.31. The Morgan fingerprint density at radius 2 is 1.64 bits per heavy atom. The van der Waals surface area contributed by atoms with E-state index in [2.05, 4.69) is 45.0 Å². The summed E-state index contributed by atoms with van der Waals surface area (Å²) in [5.41, 5.74) is 24.0. The van der Waals surface area contributed by atoms with E-state index in [1.165, 1.54) is 5.56 Å². The second-order valence-corrected chi connectivity index (χ2v) is 10.1. The number of nitrogens with zero attached hydrogens (tertiary/aromatic N) is 2. The number of carbonyl (C=O) groups excluding carboxylic acids is 3. The summed E-state index contributed by atoms with van der Waals surface area (Å²) < 4.78 is 2.71. The zero-order valence-electron chi connectivity index (χ0n) is 25.7. The molecule has 1 aromatic heterocycles. The second kappa shape index (κ2) is 23.2. The van der Waals surface area contributed by atoms with Gasteiger partial charge in [-0.2, -0.15) is 0 Å². The molecule has 0 aliphatic carbocycles. The summed E-state index contributed by atoms with van der Waals surface area (Å²) >= 11 is 4.88. The Balaban J connectivity index is 0.000000980. The van der Waals surface area contributed by atoms with Crippen molar-refractivity contribution in [2.75, 3.05) is 26.2 Å². The van der Waals surface area contributed by atoms with E-state index >= 15 is 0 Å². The van der Waals surface area contributed by atoms with Crippen molar-refractivity contribution in [1.82, 2.24) is 25.5 Å². The number of carboxylic acid groups (broad SMARTS) is 1. The number of nitrogens with two attached hydrogens (primary N) is 4. The molecule has 1 heterocycles. The van der Waals surface area contributed by atoms with Gasteiger partial charge in [-0.25, -0.2) is 0 Å². The van der Waals surface area contributed by atoms with Crippen molar-refractivity contribution < 1.29 is 24.3 Å². The molecular formula is C28H48N10O5S. The monoisotopic (exact) mass is 636 g/mol. The molecule has 15 nitrogen and oxygen atoms in total. The number of carbonyl (C=O) groups is 4. The highest BCUT2D eigenvalue weighted by Crippen LogP contribution is 2.01. The first-order valence-electron chi connectivity index (χ1n) is 14.1. The Bertz CT molecular complexity index is 1230. The average Bonchev–Trinajstić information content (AvgIpc) is 3.27. The number of carboxylic acids is 1. The molecule has 0 fully saturated rings. The highest BCUT2D eigenvalue weighted by atomic mass is 32.1. The third-order valence-electron chi connectivity index (χ3n) is 5.92. The van der Waals surface area contributed by atoms with Crippen LogP contribution in [0, 0.1) is 18.6 Å². The Kier molecular flexibility index (Phi) is 21.0. The summed E-state index contributed by atoms with van der Waals surface area (Å²) in [7, 11) is 1.94. The smallest absolute Gasteiger partial charge is 0.322 e. The lowest BCUT2D eigenvalue weighted by molar-refractivity contribution is -0.138. The van der Waals surface area contributed by atoms with Gasteiger partial charge in [-0.3, -0.25) is 24.2 Å². The summed E-state index contributed by atoms with van der Waals surface area (Å²) in [5, 5.41) is 15.7. The van der Waals surface area contributed by atoms with Crippen LogP contribution in [0.2, 0.25) is 0 Å². The summed E-state index contributed by atoms with van der Waals surface area (Å²) in [6, 6.07) is 8.49. The Morgan fingerprint density at radius 3 is 2.09 bits per heavy atom. The van der Waals surface area contributed by atoms with E-state index < -0.39 is 42.3 Å². The van der Waals surface area contributed by atoms with Gasteiger partial charge in [-0.1, -0.05) is 35.9 Å². The van der Waals surface area contributed by atoms with E-state index in [0.29, 0.717) is 38.8 Å². The molecule has 3 amide bonds. The molecule has 0 aliphatic heterocycles. The highest BCUT2D eigenvalue weighted by Gasteiger charge is 2.21. The molecule has 13 N–H and O–H groups in total. The van der Waals surface area contributed by atoms with E-state index in [0.717, 1.165) is 10.5 Å². The number of aromatic amines is 1. The van der Waals surface area contributed by atoms with E-state index in [4.69, 9.17) is 40.3 Å². The SMILES string of the molecule is Cc1c[nH]c(=S)n1C.Cc1ccccc1.NCCCCC(NC(=O)CNC(=O)C(N)CCCN=C(N)N)C(=O)NCC(=O)O. The normalized spacial score (nSPS) is 11.3. The van der Waals surface area contributed by atoms with Crippen LogP contribution in [0.5, 0.6) is 0 Å². The molecule has 2 atom stereocenters. The summed E-state index contributed by atoms with van der Waals surface area (Å²) in [6.07, 6.45) is 4.20. The molecule has 0 saturated heterocycles. The van der Waals surface area contributed by atoms with Gasteiger partial charge in [0.25, 0.3) is 0 Å². The first-order chi connectivity index (χ1) is 20.8. The van der Waals surface area contributed by atoms with Gasteiger partial charge in [0.05, 0.1) is 12.6 Å². The van der Waals surface area contributed by atoms with E-state index in [1.807, 2.05) is 42.9 Å². The van der Waals surface area contributed by atoms with Gasteiger partial charge in [0.2, 0.25) is 17.7 Å². The molecule has 0 radical (unpaired) electrons. The maximum Gasteiger partial charge on any atom is 0.322 e. The lowest BCUT2D eigenvalue weighted by atomic mass is 10.1. The number of aliphatic imine (C=N–C) groups is 1. The standard InChI is InChI=1S/C16H32N8O5.C7H8.C5H8N2S/c17-6-2-1-5-11(15(29)23-9-13(26)27)24-12(25)8-22-14(28)10(18)4-3-7-21-16(19)20;1-7-5-3-2-4-6-7;1-4-3-6-5(8)7(4)2/h10-11H,1-9,17-18H2,(H,22,28)(H,23,29)(H,24,25)(H,26,27)(H4,19,20,21);2-6H,1H3;3H,1-2H3,(H,6,8). The number of hydrogen-bond donors (Lipinski definition) is 9. The predicted molar refractivity (Wildman–Crippen MR) is 173 cm³/mol. The van der Waals surface area contributed by atoms with Crippen LogP contribution >= 0.6 is 12.2 Å². The molecular weight excluding hydrogens is 588 g/mol. The number of imidazole rings is 1. The number of rotatable bonds is 15. The zero-order valence-corrected chi connectivity index (χ0v) is 26.5. The Labute approximate surface area is 263 Å². The molecule has 246 valence electrons. The van der Waals surface area contributed by atoms with Crippen molar-refractivity contribution in [1.29, 1.82) is 0 Å². The van der Waals surface area contributed by atoms with E-state index in [1.54, 1.807) is 0 Å². The van der Waals surface area contributed by atoms with E-state index in [9.17, 15) is 19.2 Å². The summed E-state index contributed by atoms with van der Waals surface area (Å²) in [6.45, 7) is 3.91. The van der Waals surface area contributed by atoms with Gasteiger partial charge in [0.1, 0.15) is 12.6 Å². The number of aromatic nitrogens is 2. The van der Waals surface area contributed by atoms with Gasteiger partial charge < -0.3 is 53.5 Å². The van der Waals surface area contributed by atoms with Crippen LogP contribution in [0.1, 0.15) is 43.4 Å². The number of amides is 3. The van der Waals surface area contributed by atoms with Crippen molar-refractivity contribution in [2.45, 2.75) is 58.0 Å². The van der Waals surface area contributed by atoms with Crippen LogP contribution < -0.4 is 38.9 Å². The number of hydrogen-bond acceptors (Lipinski definition) is 8. The van der Waals surface area contributed by atoms with Crippen molar-refractivity contribution in [3.8, 4) is 0 Å². The molecule has 0 saturated carbocycles. The van der Waals surface area contributed by atoms with Gasteiger partial charge in [0, 0.05) is 25.5 Å². The number of aliphatic carboxylic acids is 1.